The molecule has 0 saturated heterocycles. The molecular formula is C11H16FNO. The standard InChI is InChI=1S/C11H16FNO/c1-4-13-11(10(12)8(2)3)14-7-9-5-6-9/h4,9H,2,5-7H2,1,3H3/b11-10-,13-4-. The van der Waals surface area contributed by atoms with Gasteiger partial charge >= 0.3 is 0 Å². The summed E-state index contributed by atoms with van der Waals surface area (Å²) in [7, 11) is 0. The van der Waals surface area contributed by atoms with Gasteiger partial charge in [-0.1, -0.05) is 6.58 Å². The van der Waals surface area contributed by atoms with Gasteiger partial charge < -0.3 is 4.74 Å². The smallest absolute Gasteiger partial charge is 0.250 e. The van der Waals surface area contributed by atoms with E-state index in [9.17, 15) is 4.39 Å². The number of allylic oxidation sites excluding steroid dienone is 2. The highest BCUT2D eigenvalue weighted by molar-refractivity contribution is 5.55. The summed E-state index contributed by atoms with van der Waals surface area (Å²) in [5.41, 5.74) is 0.349. The van der Waals surface area contributed by atoms with Crippen molar-refractivity contribution in [3.8, 4) is 0 Å². The number of ether oxygens (including phenoxy) is 1. The lowest BCUT2D eigenvalue weighted by Crippen LogP contribution is -1.98. The van der Waals surface area contributed by atoms with Crippen LogP contribution in [-0.4, -0.2) is 12.8 Å². The predicted molar refractivity (Wildman–Crippen MR) is 55.8 cm³/mol. The summed E-state index contributed by atoms with van der Waals surface area (Å²) in [5, 5.41) is 0. The van der Waals surface area contributed by atoms with Crippen molar-refractivity contribution in [2.24, 2.45) is 10.9 Å². The SMILES string of the molecule is C=C(C)/C(F)=C(\N=C/C)OCC1CC1. The minimum Gasteiger partial charge on any atom is -0.475 e. The highest BCUT2D eigenvalue weighted by Crippen LogP contribution is 2.30. The molecule has 2 nitrogen and oxygen atoms in total. The van der Waals surface area contributed by atoms with Crippen molar-refractivity contribution < 1.29 is 9.13 Å². The second-order valence-electron chi connectivity index (χ2n) is 3.54. The molecular weight excluding hydrogens is 181 g/mol. The molecule has 0 aromatic carbocycles. The lowest BCUT2D eigenvalue weighted by Gasteiger charge is -2.06. The first-order chi connectivity index (χ1) is 6.65. The van der Waals surface area contributed by atoms with Crippen LogP contribution in [0.3, 0.4) is 0 Å². The predicted octanol–water partition coefficient (Wildman–Crippen LogP) is 3.22. The van der Waals surface area contributed by atoms with E-state index >= 15 is 0 Å². The Hall–Kier alpha value is -1.12. The summed E-state index contributed by atoms with van der Waals surface area (Å²) in [6.45, 7) is 7.40. The molecule has 0 aromatic heterocycles. The van der Waals surface area contributed by atoms with Crippen molar-refractivity contribution in [2.75, 3.05) is 6.61 Å². The quantitative estimate of drug-likeness (QED) is 0.376. The highest BCUT2D eigenvalue weighted by Gasteiger charge is 2.23. The molecule has 0 amide bonds. The van der Waals surface area contributed by atoms with Crippen molar-refractivity contribution in [1.29, 1.82) is 0 Å². The van der Waals surface area contributed by atoms with Crippen molar-refractivity contribution >= 4 is 6.21 Å². The first kappa shape index (κ1) is 11.0. The van der Waals surface area contributed by atoms with E-state index in [0.29, 0.717) is 18.1 Å². The van der Waals surface area contributed by atoms with Crippen LogP contribution < -0.4 is 0 Å². The monoisotopic (exact) mass is 197 g/mol. The Morgan fingerprint density at radius 2 is 2.29 bits per heavy atom. The third-order valence-corrected chi connectivity index (χ3v) is 1.96. The molecule has 0 aromatic rings. The van der Waals surface area contributed by atoms with Crippen molar-refractivity contribution in [3.63, 3.8) is 0 Å². The Kier molecular flexibility index (Phi) is 3.86. The Bertz CT molecular complexity index is 277. The Labute approximate surface area is 84.2 Å². The lowest BCUT2D eigenvalue weighted by atomic mass is 10.3. The van der Waals surface area contributed by atoms with Crippen LogP contribution in [0.15, 0.2) is 28.9 Å². The molecule has 3 heteroatoms. The van der Waals surface area contributed by atoms with Crippen molar-refractivity contribution in [2.45, 2.75) is 26.7 Å². The van der Waals surface area contributed by atoms with Crippen LogP contribution in [0.2, 0.25) is 0 Å². The summed E-state index contributed by atoms with van der Waals surface area (Å²) in [4.78, 5) is 3.84. The molecule has 0 unspecified atom stereocenters. The van der Waals surface area contributed by atoms with Crippen LogP contribution in [0, 0.1) is 5.92 Å². The van der Waals surface area contributed by atoms with Gasteiger partial charge in [-0.25, -0.2) is 9.38 Å². The fourth-order valence-electron chi connectivity index (χ4n) is 0.938. The summed E-state index contributed by atoms with van der Waals surface area (Å²) in [5.74, 6) is 0.200. The van der Waals surface area contributed by atoms with Gasteiger partial charge in [0.1, 0.15) is 0 Å². The lowest BCUT2D eigenvalue weighted by molar-refractivity contribution is 0.188. The normalized spacial score (nSPS) is 18.2. The van der Waals surface area contributed by atoms with Crippen LogP contribution in [0.1, 0.15) is 26.7 Å². The molecule has 0 spiro atoms. The summed E-state index contributed by atoms with van der Waals surface area (Å²) >= 11 is 0. The molecule has 1 aliphatic carbocycles. The van der Waals surface area contributed by atoms with Gasteiger partial charge in [-0.05, 0) is 38.2 Å². The van der Waals surface area contributed by atoms with E-state index in [4.69, 9.17) is 4.74 Å². The van der Waals surface area contributed by atoms with Crippen LogP contribution >= 0.6 is 0 Å². The number of hydrogen-bond donors (Lipinski definition) is 0. The fourth-order valence-corrected chi connectivity index (χ4v) is 0.938. The van der Waals surface area contributed by atoms with E-state index in [1.807, 2.05) is 0 Å². The van der Waals surface area contributed by atoms with Crippen LogP contribution in [0.4, 0.5) is 4.39 Å². The number of rotatable bonds is 5. The maximum atomic E-state index is 13.4. The van der Waals surface area contributed by atoms with Gasteiger partial charge in [0.25, 0.3) is 0 Å². The largest absolute Gasteiger partial charge is 0.475 e. The molecule has 0 atom stereocenters. The Balaban J connectivity index is 2.60. The van der Waals surface area contributed by atoms with Crippen molar-refractivity contribution in [1.82, 2.24) is 0 Å². The Morgan fingerprint density at radius 1 is 1.64 bits per heavy atom. The number of halogens is 1. The van der Waals surface area contributed by atoms with E-state index in [1.54, 1.807) is 13.8 Å². The van der Waals surface area contributed by atoms with Gasteiger partial charge in [-0.15, -0.1) is 0 Å². The third kappa shape index (κ3) is 3.32. The molecule has 14 heavy (non-hydrogen) atoms. The molecule has 0 aliphatic heterocycles. The second kappa shape index (κ2) is 4.94. The van der Waals surface area contributed by atoms with Gasteiger partial charge in [0.05, 0.1) is 6.61 Å². The van der Waals surface area contributed by atoms with Crippen LogP contribution in [0.5, 0.6) is 0 Å². The van der Waals surface area contributed by atoms with Gasteiger partial charge in [-0.2, -0.15) is 0 Å². The Morgan fingerprint density at radius 3 is 2.71 bits per heavy atom. The highest BCUT2D eigenvalue weighted by atomic mass is 19.1. The molecule has 0 heterocycles. The zero-order valence-electron chi connectivity index (χ0n) is 8.72. The van der Waals surface area contributed by atoms with E-state index in [-0.39, 0.29) is 5.88 Å². The number of aliphatic imine (C=N–C) groups is 1. The van der Waals surface area contributed by atoms with Gasteiger partial charge in [0.2, 0.25) is 5.88 Å². The first-order valence-corrected chi connectivity index (χ1v) is 4.82. The van der Waals surface area contributed by atoms with Gasteiger partial charge in [0, 0.05) is 6.21 Å². The number of nitrogens with zero attached hydrogens (tertiary/aromatic N) is 1. The minimum atomic E-state index is -0.455. The average Bonchev–Trinajstić information content (AvgIpc) is 2.94. The van der Waals surface area contributed by atoms with E-state index < -0.39 is 5.83 Å². The number of hydrogen-bond acceptors (Lipinski definition) is 2. The van der Waals surface area contributed by atoms with E-state index in [2.05, 4.69) is 11.6 Å². The molecule has 0 N–H and O–H groups in total. The zero-order valence-corrected chi connectivity index (χ0v) is 8.72. The maximum Gasteiger partial charge on any atom is 0.250 e. The molecule has 1 saturated carbocycles. The molecule has 1 rings (SSSR count). The molecule has 78 valence electrons. The summed E-state index contributed by atoms with van der Waals surface area (Å²) < 4.78 is 18.7. The van der Waals surface area contributed by atoms with Gasteiger partial charge in [-0.3, -0.25) is 0 Å². The third-order valence-electron chi connectivity index (χ3n) is 1.96. The topological polar surface area (TPSA) is 21.6 Å². The van der Waals surface area contributed by atoms with Gasteiger partial charge in [0.15, 0.2) is 5.83 Å². The van der Waals surface area contributed by atoms with Crippen molar-refractivity contribution in [3.05, 3.63) is 23.9 Å². The molecule has 0 bridgehead atoms. The molecule has 1 fully saturated rings. The summed E-state index contributed by atoms with van der Waals surface area (Å²) in [6.07, 6.45) is 3.88. The maximum absolute atomic E-state index is 13.4. The zero-order chi connectivity index (χ0) is 10.6. The summed E-state index contributed by atoms with van der Waals surface area (Å²) in [6, 6.07) is 0. The molecule has 0 radical (unpaired) electrons. The fraction of sp³-hybridized carbons (Fsp3) is 0.545. The van der Waals surface area contributed by atoms with E-state index in [1.165, 1.54) is 19.1 Å². The average molecular weight is 197 g/mol. The van der Waals surface area contributed by atoms with Crippen LogP contribution in [-0.2, 0) is 4.74 Å². The van der Waals surface area contributed by atoms with E-state index in [0.717, 1.165) is 0 Å². The molecule has 1 aliphatic rings. The van der Waals surface area contributed by atoms with Crippen LogP contribution in [0.25, 0.3) is 0 Å². The minimum absolute atomic E-state index is 0.0619. The first-order valence-electron chi connectivity index (χ1n) is 4.82. The second-order valence-corrected chi connectivity index (χ2v) is 3.54.